The van der Waals surface area contributed by atoms with Crippen molar-refractivity contribution in [1.29, 1.82) is 0 Å². The number of fused-ring (bicyclic) bond motifs is 3. The highest BCUT2D eigenvalue weighted by molar-refractivity contribution is 5.85. The lowest BCUT2D eigenvalue weighted by Gasteiger charge is -2.19. The monoisotopic (exact) mass is 358 g/mol. The predicted octanol–water partition coefficient (Wildman–Crippen LogP) is 1.16. The first kappa shape index (κ1) is 16.1. The Labute approximate surface area is 149 Å². The molecule has 2 N–H and O–H groups in total. The van der Waals surface area contributed by atoms with Crippen LogP contribution in [0.4, 0.5) is 0 Å². The molecule has 138 valence electrons. The summed E-state index contributed by atoms with van der Waals surface area (Å²) in [4.78, 5) is 9.02. The van der Waals surface area contributed by atoms with Crippen LogP contribution in [0.2, 0.25) is 0 Å². The molecular weight excluding hydrogens is 336 g/mol. The molecule has 4 heterocycles. The summed E-state index contributed by atoms with van der Waals surface area (Å²) in [6, 6.07) is 0. The zero-order valence-corrected chi connectivity index (χ0v) is 14.4. The fourth-order valence-electron chi connectivity index (χ4n) is 4.25. The quantitative estimate of drug-likeness (QED) is 0.723. The first-order valence-corrected chi connectivity index (χ1v) is 9.27. The van der Waals surface area contributed by atoms with Crippen LogP contribution in [0.3, 0.4) is 0 Å². The molecule has 1 aliphatic carbocycles. The molecule has 2 fully saturated rings. The summed E-state index contributed by atoms with van der Waals surface area (Å²) in [6.45, 7) is -0.118. The lowest BCUT2D eigenvalue weighted by Crippen LogP contribution is -2.19. The third kappa shape index (κ3) is 2.42. The number of aliphatic hydroxyl groups is 2. The molecule has 3 aromatic heterocycles. The highest BCUT2D eigenvalue weighted by atomic mass is 16.5. The maximum atomic E-state index is 10.3. The molecular formula is C17H22N6O3. The number of rotatable bonds is 3. The summed E-state index contributed by atoms with van der Waals surface area (Å²) in [5.74, 6) is 1.38. The third-order valence-electron chi connectivity index (χ3n) is 5.61. The van der Waals surface area contributed by atoms with Crippen molar-refractivity contribution < 1.29 is 14.9 Å². The Balaban J connectivity index is 1.56. The molecule has 3 atom stereocenters. The molecule has 3 aromatic rings. The Morgan fingerprint density at radius 2 is 1.92 bits per heavy atom. The fourth-order valence-corrected chi connectivity index (χ4v) is 4.25. The topological polar surface area (TPSA) is 111 Å². The first-order valence-electron chi connectivity index (χ1n) is 9.27. The van der Waals surface area contributed by atoms with Gasteiger partial charge in [-0.15, -0.1) is 10.2 Å². The van der Waals surface area contributed by atoms with E-state index >= 15 is 0 Å². The van der Waals surface area contributed by atoms with Crippen molar-refractivity contribution in [2.75, 3.05) is 6.61 Å². The van der Waals surface area contributed by atoms with Crippen molar-refractivity contribution in [1.82, 2.24) is 29.1 Å². The SMILES string of the molecule is OC[C@@H]1C[C@H](O)[C@H](n2cnc3c2ncn2c(C4CCCCC4)nnc32)O1. The Kier molecular flexibility index (Phi) is 3.87. The molecule has 9 heteroatoms. The molecule has 5 rings (SSSR count). The Bertz CT molecular complexity index is 931. The standard InChI is InChI=1S/C17H22N6O3/c24-7-11-6-12(25)17(26-11)23-8-18-13-15(23)19-9-22-14(20-21-16(13)22)10-4-2-1-3-5-10/h8-12,17,24-25H,1-7H2/t11-,12-,17+/m0/s1. The molecule has 1 saturated heterocycles. The smallest absolute Gasteiger partial charge is 0.191 e. The molecule has 0 amide bonds. The van der Waals surface area contributed by atoms with E-state index in [2.05, 4.69) is 20.2 Å². The van der Waals surface area contributed by atoms with Gasteiger partial charge in [-0.2, -0.15) is 0 Å². The largest absolute Gasteiger partial charge is 0.394 e. The van der Waals surface area contributed by atoms with Crippen LogP contribution in [0.1, 0.15) is 56.5 Å². The summed E-state index contributed by atoms with van der Waals surface area (Å²) >= 11 is 0. The third-order valence-corrected chi connectivity index (χ3v) is 5.61. The number of imidazole rings is 1. The number of ether oxygens (including phenoxy) is 1. The van der Waals surface area contributed by atoms with Crippen LogP contribution >= 0.6 is 0 Å². The summed E-state index contributed by atoms with van der Waals surface area (Å²) in [7, 11) is 0. The number of aromatic nitrogens is 6. The summed E-state index contributed by atoms with van der Waals surface area (Å²) < 4.78 is 9.38. The maximum Gasteiger partial charge on any atom is 0.191 e. The molecule has 1 saturated carbocycles. The predicted molar refractivity (Wildman–Crippen MR) is 91.5 cm³/mol. The Hall–Kier alpha value is -2.10. The summed E-state index contributed by atoms with van der Waals surface area (Å²) in [5.41, 5.74) is 1.92. The molecule has 0 spiro atoms. The van der Waals surface area contributed by atoms with E-state index in [-0.39, 0.29) is 12.7 Å². The molecule has 26 heavy (non-hydrogen) atoms. The minimum atomic E-state index is -0.710. The molecule has 9 nitrogen and oxygen atoms in total. The second kappa shape index (κ2) is 6.26. The van der Waals surface area contributed by atoms with Gasteiger partial charge in [-0.1, -0.05) is 19.3 Å². The van der Waals surface area contributed by atoms with Gasteiger partial charge >= 0.3 is 0 Å². The average molecular weight is 358 g/mol. The number of hydrogen-bond donors (Lipinski definition) is 2. The van der Waals surface area contributed by atoms with Crippen LogP contribution in [0, 0.1) is 0 Å². The van der Waals surface area contributed by atoms with E-state index in [9.17, 15) is 10.2 Å². The van der Waals surface area contributed by atoms with Crippen LogP contribution in [-0.2, 0) is 4.74 Å². The van der Waals surface area contributed by atoms with Crippen LogP contribution in [0.5, 0.6) is 0 Å². The Morgan fingerprint density at radius 3 is 2.69 bits per heavy atom. The second-order valence-corrected chi connectivity index (χ2v) is 7.29. The van der Waals surface area contributed by atoms with Crippen molar-refractivity contribution in [3.63, 3.8) is 0 Å². The highest BCUT2D eigenvalue weighted by Gasteiger charge is 2.36. The van der Waals surface area contributed by atoms with Crippen LogP contribution in [-0.4, -0.2) is 58.2 Å². The molecule has 0 radical (unpaired) electrons. The van der Waals surface area contributed by atoms with E-state index in [1.807, 2.05) is 4.40 Å². The summed E-state index contributed by atoms with van der Waals surface area (Å²) in [6.07, 6.45) is 8.08. The van der Waals surface area contributed by atoms with Gasteiger partial charge in [0.05, 0.1) is 19.0 Å². The van der Waals surface area contributed by atoms with E-state index < -0.39 is 12.3 Å². The van der Waals surface area contributed by atoms with Gasteiger partial charge in [-0.3, -0.25) is 8.97 Å². The van der Waals surface area contributed by atoms with Crippen molar-refractivity contribution in [3.8, 4) is 0 Å². The number of nitrogens with zero attached hydrogens (tertiary/aromatic N) is 6. The lowest BCUT2D eigenvalue weighted by molar-refractivity contribution is -0.0486. The molecule has 2 aliphatic rings. The lowest BCUT2D eigenvalue weighted by atomic mass is 9.89. The van der Waals surface area contributed by atoms with Gasteiger partial charge in [-0.05, 0) is 12.8 Å². The zero-order chi connectivity index (χ0) is 17.7. The van der Waals surface area contributed by atoms with E-state index in [4.69, 9.17) is 4.74 Å². The van der Waals surface area contributed by atoms with E-state index in [0.29, 0.717) is 29.1 Å². The minimum absolute atomic E-state index is 0.118. The van der Waals surface area contributed by atoms with Gasteiger partial charge in [0, 0.05) is 12.3 Å². The Morgan fingerprint density at radius 1 is 1.08 bits per heavy atom. The zero-order valence-electron chi connectivity index (χ0n) is 14.4. The van der Waals surface area contributed by atoms with E-state index in [1.165, 1.54) is 19.3 Å². The van der Waals surface area contributed by atoms with Crippen LogP contribution in [0.25, 0.3) is 16.8 Å². The van der Waals surface area contributed by atoms with Crippen molar-refractivity contribution in [2.24, 2.45) is 0 Å². The molecule has 1 aliphatic heterocycles. The van der Waals surface area contributed by atoms with E-state index in [1.54, 1.807) is 17.2 Å². The average Bonchev–Trinajstić information content (AvgIpc) is 3.37. The van der Waals surface area contributed by atoms with Gasteiger partial charge in [0.15, 0.2) is 23.0 Å². The number of hydrogen-bond acceptors (Lipinski definition) is 7. The van der Waals surface area contributed by atoms with Gasteiger partial charge in [0.25, 0.3) is 0 Å². The first-order chi connectivity index (χ1) is 12.8. The number of aliphatic hydroxyl groups excluding tert-OH is 2. The molecule has 0 aromatic carbocycles. The molecule has 0 unspecified atom stereocenters. The van der Waals surface area contributed by atoms with Gasteiger partial charge in [-0.25, -0.2) is 9.97 Å². The van der Waals surface area contributed by atoms with Crippen LogP contribution in [0.15, 0.2) is 12.7 Å². The van der Waals surface area contributed by atoms with Gasteiger partial charge < -0.3 is 14.9 Å². The van der Waals surface area contributed by atoms with Crippen molar-refractivity contribution in [3.05, 3.63) is 18.5 Å². The van der Waals surface area contributed by atoms with E-state index in [0.717, 1.165) is 18.7 Å². The van der Waals surface area contributed by atoms with Crippen molar-refractivity contribution >= 4 is 16.8 Å². The van der Waals surface area contributed by atoms with Gasteiger partial charge in [0.2, 0.25) is 0 Å². The van der Waals surface area contributed by atoms with Crippen molar-refractivity contribution in [2.45, 2.75) is 62.9 Å². The normalized spacial score (nSPS) is 27.7. The highest BCUT2D eigenvalue weighted by Crippen LogP contribution is 2.34. The summed E-state index contributed by atoms with van der Waals surface area (Å²) in [5, 5.41) is 28.3. The second-order valence-electron chi connectivity index (χ2n) is 7.29. The fraction of sp³-hybridized carbons (Fsp3) is 0.647. The maximum absolute atomic E-state index is 10.3. The van der Waals surface area contributed by atoms with Crippen LogP contribution < -0.4 is 0 Å². The minimum Gasteiger partial charge on any atom is -0.394 e. The van der Waals surface area contributed by atoms with Gasteiger partial charge in [0.1, 0.15) is 18.3 Å². The molecule has 0 bridgehead atoms.